The lowest BCUT2D eigenvalue weighted by molar-refractivity contribution is 0.0602. The van der Waals surface area contributed by atoms with E-state index in [1.54, 1.807) is 30.3 Å². The third kappa shape index (κ3) is 4.33. The largest absolute Gasteiger partial charge is 0.465 e. The second kappa shape index (κ2) is 9.17. The van der Waals surface area contributed by atoms with Crippen LogP contribution in [0.5, 0.6) is 0 Å². The topological polar surface area (TPSA) is 117 Å². The molecule has 0 atom stereocenters. The smallest absolute Gasteiger partial charge is 0.340 e. The number of carbonyl (C=O) groups excluding carboxylic acids is 2. The molecule has 0 aromatic heterocycles. The first-order valence-corrected chi connectivity index (χ1v) is 11.9. The number of carbonyl (C=O) groups is 2. The van der Waals surface area contributed by atoms with Crippen molar-refractivity contribution in [3.05, 3.63) is 87.9 Å². The standard InChI is InChI=1S/C24H18ClN3O5S/c1-33-24(30)20-12-15(14-26)2-9-21(20)27-23(29)17-4-3-16-10-11-28(34(31,32)22(16)13-17)19-7-5-18(25)6-8-19/h2-9,12-13H,10-11H2,1H3,(H,27,29). The third-order valence-electron chi connectivity index (χ3n) is 5.40. The summed E-state index contributed by atoms with van der Waals surface area (Å²) in [5.41, 5.74) is 1.55. The molecule has 34 heavy (non-hydrogen) atoms. The lowest BCUT2D eigenvalue weighted by Crippen LogP contribution is -2.37. The number of hydrogen-bond acceptors (Lipinski definition) is 6. The molecule has 0 fully saturated rings. The molecular formula is C24H18ClN3O5S. The van der Waals surface area contributed by atoms with Crippen molar-refractivity contribution < 1.29 is 22.7 Å². The highest BCUT2D eigenvalue weighted by Crippen LogP contribution is 2.32. The van der Waals surface area contributed by atoms with Gasteiger partial charge in [-0.25, -0.2) is 13.2 Å². The minimum atomic E-state index is -3.91. The fraction of sp³-hybridized carbons (Fsp3) is 0.125. The summed E-state index contributed by atoms with van der Waals surface area (Å²) >= 11 is 5.92. The molecule has 1 amide bonds. The number of sulfonamides is 1. The molecule has 3 aromatic rings. The van der Waals surface area contributed by atoms with E-state index >= 15 is 0 Å². The lowest BCUT2D eigenvalue weighted by Gasteiger charge is -2.30. The van der Waals surface area contributed by atoms with Gasteiger partial charge < -0.3 is 10.1 Å². The van der Waals surface area contributed by atoms with E-state index in [0.29, 0.717) is 22.7 Å². The van der Waals surface area contributed by atoms with E-state index in [1.165, 1.54) is 41.7 Å². The average molecular weight is 496 g/mol. The molecule has 10 heteroatoms. The molecule has 1 aliphatic rings. The predicted molar refractivity (Wildman–Crippen MR) is 127 cm³/mol. The summed E-state index contributed by atoms with van der Waals surface area (Å²) < 4.78 is 32.7. The Labute approximate surface area is 201 Å². The maximum absolute atomic E-state index is 13.3. The number of methoxy groups -OCH3 is 1. The number of rotatable bonds is 4. The molecular weight excluding hydrogens is 478 g/mol. The highest BCUT2D eigenvalue weighted by atomic mass is 35.5. The van der Waals surface area contributed by atoms with E-state index in [4.69, 9.17) is 21.6 Å². The van der Waals surface area contributed by atoms with Gasteiger partial charge >= 0.3 is 5.97 Å². The molecule has 8 nitrogen and oxygen atoms in total. The second-order valence-electron chi connectivity index (χ2n) is 7.44. The first-order chi connectivity index (χ1) is 16.2. The van der Waals surface area contributed by atoms with Gasteiger partial charge in [-0.05, 0) is 66.6 Å². The molecule has 4 rings (SSSR count). The quantitative estimate of drug-likeness (QED) is 0.547. The van der Waals surface area contributed by atoms with Gasteiger partial charge in [0.1, 0.15) is 0 Å². The first kappa shape index (κ1) is 23.3. The molecule has 0 saturated heterocycles. The van der Waals surface area contributed by atoms with Gasteiger partial charge in [0.2, 0.25) is 0 Å². The zero-order chi connectivity index (χ0) is 24.5. The summed E-state index contributed by atoms with van der Waals surface area (Å²) in [4.78, 5) is 25.1. The molecule has 0 bridgehead atoms. The number of benzene rings is 3. The summed E-state index contributed by atoms with van der Waals surface area (Å²) in [6.07, 6.45) is 0.473. The second-order valence-corrected chi connectivity index (χ2v) is 9.71. The van der Waals surface area contributed by atoms with Crippen molar-refractivity contribution in [2.45, 2.75) is 11.3 Å². The van der Waals surface area contributed by atoms with Crippen LogP contribution in [-0.2, 0) is 21.2 Å². The maximum Gasteiger partial charge on any atom is 0.340 e. The van der Waals surface area contributed by atoms with Crippen LogP contribution in [0.4, 0.5) is 11.4 Å². The van der Waals surface area contributed by atoms with Crippen LogP contribution < -0.4 is 9.62 Å². The van der Waals surface area contributed by atoms with E-state index in [-0.39, 0.29) is 33.8 Å². The van der Waals surface area contributed by atoms with E-state index in [0.717, 1.165) is 0 Å². The fourth-order valence-corrected chi connectivity index (χ4v) is 5.55. The zero-order valence-corrected chi connectivity index (χ0v) is 19.5. The number of esters is 1. The summed E-state index contributed by atoms with van der Waals surface area (Å²) in [6, 6.07) is 17.0. The van der Waals surface area contributed by atoms with Crippen molar-refractivity contribution >= 4 is 44.9 Å². The Bertz CT molecular complexity index is 1450. The molecule has 1 aliphatic heterocycles. The molecule has 0 aliphatic carbocycles. The predicted octanol–water partition coefficient (Wildman–Crippen LogP) is 4.00. The van der Waals surface area contributed by atoms with Gasteiger partial charge in [-0.2, -0.15) is 5.26 Å². The van der Waals surface area contributed by atoms with Crippen LogP contribution in [0.3, 0.4) is 0 Å². The average Bonchev–Trinajstić information content (AvgIpc) is 2.84. The van der Waals surface area contributed by atoms with Crippen LogP contribution in [0, 0.1) is 11.3 Å². The summed E-state index contributed by atoms with van der Waals surface area (Å²) in [5, 5.41) is 12.2. The monoisotopic (exact) mass is 495 g/mol. The molecule has 0 saturated carbocycles. The third-order valence-corrected chi connectivity index (χ3v) is 7.56. The van der Waals surface area contributed by atoms with Crippen LogP contribution in [0.1, 0.15) is 31.8 Å². The van der Waals surface area contributed by atoms with Gasteiger partial charge in [-0.1, -0.05) is 17.7 Å². The zero-order valence-electron chi connectivity index (χ0n) is 17.9. The lowest BCUT2D eigenvalue weighted by atomic mass is 10.1. The summed E-state index contributed by atoms with van der Waals surface area (Å²) in [5.74, 6) is -1.34. The first-order valence-electron chi connectivity index (χ1n) is 10.1. The van der Waals surface area contributed by atoms with E-state index in [2.05, 4.69) is 5.32 Å². The Kier molecular flexibility index (Phi) is 6.28. The molecule has 172 valence electrons. The van der Waals surface area contributed by atoms with Gasteiger partial charge in [0.25, 0.3) is 15.9 Å². The summed E-state index contributed by atoms with van der Waals surface area (Å²) in [6.45, 7) is 0.260. The Morgan fingerprint density at radius 1 is 1.09 bits per heavy atom. The minimum absolute atomic E-state index is 0.00870. The molecule has 0 spiro atoms. The fourth-order valence-electron chi connectivity index (χ4n) is 3.67. The van der Waals surface area contributed by atoms with Gasteiger partial charge in [0, 0.05) is 17.1 Å². The van der Waals surface area contributed by atoms with Crippen LogP contribution in [0.15, 0.2) is 65.6 Å². The van der Waals surface area contributed by atoms with Gasteiger partial charge in [-0.3, -0.25) is 9.10 Å². The van der Waals surface area contributed by atoms with Crippen LogP contribution in [0.25, 0.3) is 0 Å². The minimum Gasteiger partial charge on any atom is -0.465 e. The number of ether oxygens (including phenoxy) is 1. The number of anilines is 2. The van der Waals surface area contributed by atoms with Gasteiger partial charge in [0.15, 0.2) is 0 Å². The van der Waals surface area contributed by atoms with E-state index < -0.39 is 21.9 Å². The molecule has 1 N–H and O–H groups in total. The van der Waals surface area contributed by atoms with Crippen LogP contribution >= 0.6 is 11.6 Å². The molecule has 0 radical (unpaired) electrons. The van der Waals surface area contributed by atoms with Gasteiger partial charge in [0.05, 0.1) is 40.6 Å². The van der Waals surface area contributed by atoms with Crippen molar-refractivity contribution in [3.63, 3.8) is 0 Å². The number of hydrogen-bond donors (Lipinski definition) is 1. The highest BCUT2D eigenvalue weighted by molar-refractivity contribution is 7.93. The number of fused-ring (bicyclic) bond motifs is 1. The Hall–Kier alpha value is -3.87. The van der Waals surface area contributed by atoms with Crippen LogP contribution in [-0.4, -0.2) is 33.9 Å². The normalized spacial score (nSPS) is 14.0. The highest BCUT2D eigenvalue weighted by Gasteiger charge is 2.32. The van der Waals surface area contributed by atoms with Crippen molar-refractivity contribution in [1.29, 1.82) is 5.26 Å². The van der Waals surface area contributed by atoms with Gasteiger partial charge in [-0.15, -0.1) is 0 Å². The molecule has 1 heterocycles. The Morgan fingerprint density at radius 2 is 1.82 bits per heavy atom. The maximum atomic E-state index is 13.3. The van der Waals surface area contributed by atoms with Crippen molar-refractivity contribution in [2.24, 2.45) is 0 Å². The number of nitrogens with one attached hydrogen (secondary N) is 1. The number of halogens is 1. The van der Waals surface area contributed by atoms with E-state index in [1.807, 2.05) is 6.07 Å². The van der Waals surface area contributed by atoms with Crippen molar-refractivity contribution in [2.75, 3.05) is 23.3 Å². The Balaban J connectivity index is 1.67. The molecule has 0 unspecified atom stereocenters. The van der Waals surface area contributed by atoms with Crippen molar-refractivity contribution in [1.82, 2.24) is 0 Å². The molecule has 3 aromatic carbocycles. The van der Waals surface area contributed by atoms with Crippen molar-refractivity contribution in [3.8, 4) is 6.07 Å². The SMILES string of the molecule is COC(=O)c1cc(C#N)ccc1NC(=O)c1ccc2c(c1)S(=O)(=O)N(c1ccc(Cl)cc1)CC2. The number of nitriles is 1. The summed E-state index contributed by atoms with van der Waals surface area (Å²) in [7, 11) is -2.72. The van der Waals surface area contributed by atoms with Crippen LogP contribution in [0.2, 0.25) is 5.02 Å². The number of amides is 1. The number of nitrogens with zero attached hydrogens (tertiary/aromatic N) is 2. The Morgan fingerprint density at radius 3 is 2.50 bits per heavy atom. The van der Waals surface area contributed by atoms with E-state index in [9.17, 15) is 18.0 Å².